The topological polar surface area (TPSA) is 9.23 Å². The highest BCUT2D eigenvalue weighted by Crippen LogP contribution is 2.07. The monoisotopic (exact) mass is 230 g/mol. The van der Waals surface area contributed by atoms with Crippen molar-refractivity contribution >= 4 is 12.6 Å². The molecule has 0 aromatic heterocycles. The van der Waals surface area contributed by atoms with Gasteiger partial charge in [-0.2, -0.15) is 12.6 Å². The van der Waals surface area contributed by atoms with Crippen molar-refractivity contribution in [2.24, 2.45) is 0 Å². The molecular formula is C13H26OS. The van der Waals surface area contributed by atoms with Crippen LogP contribution in [0.15, 0.2) is 12.2 Å². The van der Waals surface area contributed by atoms with Gasteiger partial charge < -0.3 is 4.74 Å². The average Bonchev–Trinajstić information content (AvgIpc) is 2.26. The zero-order valence-electron chi connectivity index (χ0n) is 10.1. The van der Waals surface area contributed by atoms with E-state index in [1.54, 1.807) is 0 Å². The summed E-state index contributed by atoms with van der Waals surface area (Å²) in [5.74, 6) is 1.04. The lowest BCUT2D eigenvalue weighted by Gasteiger charge is -2.02. The van der Waals surface area contributed by atoms with Crippen LogP contribution in [0.2, 0.25) is 0 Å². The third-order valence-corrected chi connectivity index (χ3v) is 2.71. The molecular weight excluding hydrogens is 204 g/mol. The van der Waals surface area contributed by atoms with Crippen LogP contribution in [0.1, 0.15) is 51.9 Å². The molecule has 0 fully saturated rings. The molecule has 0 heterocycles. The van der Waals surface area contributed by atoms with Crippen molar-refractivity contribution in [1.82, 2.24) is 0 Å². The Morgan fingerprint density at radius 2 is 1.53 bits per heavy atom. The zero-order valence-corrected chi connectivity index (χ0v) is 11.0. The van der Waals surface area contributed by atoms with Crippen molar-refractivity contribution < 1.29 is 4.74 Å². The molecule has 0 aliphatic carbocycles. The summed E-state index contributed by atoms with van der Waals surface area (Å²) in [5, 5.41) is 0. The van der Waals surface area contributed by atoms with Gasteiger partial charge in [0.05, 0.1) is 6.61 Å². The third-order valence-electron chi connectivity index (χ3n) is 2.40. The first-order chi connectivity index (χ1) is 7.41. The van der Waals surface area contributed by atoms with E-state index >= 15 is 0 Å². The molecule has 0 aliphatic heterocycles. The zero-order chi connectivity index (χ0) is 11.2. The van der Waals surface area contributed by atoms with Gasteiger partial charge in [-0.1, -0.05) is 44.3 Å². The van der Waals surface area contributed by atoms with Crippen LogP contribution in [0.4, 0.5) is 0 Å². The lowest BCUT2D eigenvalue weighted by molar-refractivity contribution is 0.157. The summed E-state index contributed by atoms with van der Waals surface area (Å²) in [6, 6.07) is 0. The molecule has 0 N–H and O–H groups in total. The third kappa shape index (κ3) is 14.1. The molecule has 0 atom stereocenters. The highest BCUT2D eigenvalue weighted by Gasteiger charge is 1.91. The minimum absolute atomic E-state index is 0.776. The van der Waals surface area contributed by atoms with E-state index in [1.807, 2.05) is 13.0 Å². The predicted molar refractivity (Wildman–Crippen MR) is 71.8 cm³/mol. The fraction of sp³-hybridized carbons (Fsp3) is 0.846. The van der Waals surface area contributed by atoms with E-state index in [2.05, 4.69) is 18.7 Å². The van der Waals surface area contributed by atoms with Gasteiger partial charge in [-0.15, -0.1) is 0 Å². The Bertz CT molecular complexity index is 134. The van der Waals surface area contributed by atoms with Gasteiger partial charge in [0.2, 0.25) is 0 Å². The predicted octanol–water partition coefficient (Wildman–Crippen LogP) is 4.24. The number of allylic oxidation sites excluding steroid dienone is 1. The Balaban J connectivity index is 2.86. The molecule has 0 aliphatic rings. The molecule has 0 rings (SSSR count). The van der Waals surface area contributed by atoms with Crippen molar-refractivity contribution in [3.8, 4) is 0 Å². The molecule has 15 heavy (non-hydrogen) atoms. The second-order valence-electron chi connectivity index (χ2n) is 3.84. The van der Waals surface area contributed by atoms with Gasteiger partial charge >= 0.3 is 0 Å². The van der Waals surface area contributed by atoms with Crippen LogP contribution in [0, 0.1) is 0 Å². The summed E-state index contributed by atoms with van der Waals surface area (Å²) in [6.07, 6.45) is 13.3. The van der Waals surface area contributed by atoms with Crippen LogP contribution >= 0.6 is 12.6 Å². The summed E-state index contributed by atoms with van der Waals surface area (Å²) < 4.78 is 5.42. The molecule has 0 aromatic rings. The Morgan fingerprint density at radius 1 is 0.933 bits per heavy atom. The first-order valence-electron chi connectivity index (χ1n) is 6.21. The van der Waals surface area contributed by atoms with Crippen molar-refractivity contribution in [2.45, 2.75) is 51.9 Å². The second kappa shape index (κ2) is 14.1. The molecule has 0 spiro atoms. The summed E-state index contributed by atoms with van der Waals surface area (Å²) in [5.41, 5.74) is 0. The minimum Gasteiger partial charge on any atom is -0.377 e. The highest BCUT2D eigenvalue weighted by atomic mass is 32.1. The van der Waals surface area contributed by atoms with Gasteiger partial charge in [0, 0.05) is 6.61 Å². The number of unbranched alkanes of at least 4 members (excludes halogenated alkanes) is 6. The van der Waals surface area contributed by atoms with Gasteiger partial charge in [0.25, 0.3) is 0 Å². The molecule has 0 saturated heterocycles. The van der Waals surface area contributed by atoms with Crippen LogP contribution in [-0.2, 0) is 4.74 Å². The Morgan fingerprint density at radius 3 is 2.13 bits per heavy atom. The van der Waals surface area contributed by atoms with Crippen molar-refractivity contribution in [2.75, 3.05) is 19.0 Å². The molecule has 0 radical (unpaired) electrons. The second-order valence-corrected chi connectivity index (χ2v) is 4.29. The number of hydrogen-bond donors (Lipinski definition) is 1. The smallest absolute Gasteiger partial charge is 0.0647 e. The van der Waals surface area contributed by atoms with E-state index in [0.717, 1.165) is 19.0 Å². The van der Waals surface area contributed by atoms with Gasteiger partial charge in [0.15, 0.2) is 0 Å². The molecule has 90 valence electrons. The lowest BCUT2D eigenvalue weighted by atomic mass is 10.1. The highest BCUT2D eigenvalue weighted by molar-refractivity contribution is 7.80. The quantitative estimate of drug-likeness (QED) is 0.317. The van der Waals surface area contributed by atoms with E-state index in [-0.39, 0.29) is 0 Å². The van der Waals surface area contributed by atoms with E-state index < -0.39 is 0 Å². The molecule has 0 bridgehead atoms. The maximum atomic E-state index is 5.42. The number of thiol groups is 1. The number of rotatable bonds is 11. The fourth-order valence-electron chi connectivity index (χ4n) is 1.45. The van der Waals surface area contributed by atoms with Crippen LogP contribution < -0.4 is 0 Å². The van der Waals surface area contributed by atoms with Crippen LogP contribution in [0.5, 0.6) is 0 Å². The van der Waals surface area contributed by atoms with Crippen LogP contribution in [-0.4, -0.2) is 19.0 Å². The maximum Gasteiger partial charge on any atom is 0.0647 e. The molecule has 0 amide bonds. The molecule has 0 saturated carbocycles. The summed E-state index contributed by atoms with van der Waals surface area (Å²) in [6.45, 7) is 3.72. The Labute approximate surface area is 101 Å². The van der Waals surface area contributed by atoms with Crippen LogP contribution in [0.25, 0.3) is 0 Å². The summed E-state index contributed by atoms with van der Waals surface area (Å²) >= 11 is 4.20. The Hall–Kier alpha value is 0.0500. The first kappa shape index (κ1) is 15.0. The molecule has 1 nitrogen and oxygen atoms in total. The normalized spacial score (nSPS) is 11.3. The van der Waals surface area contributed by atoms with Gasteiger partial charge in [-0.3, -0.25) is 0 Å². The summed E-state index contributed by atoms with van der Waals surface area (Å²) in [4.78, 5) is 0. The maximum absolute atomic E-state index is 5.42. The molecule has 0 aromatic carbocycles. The van der Waals surface area contributed by atoms with Gasteiger partial charge in [0.1, 0.15) is 0 Å². The van der Waals surface area contributed by atoms with Gasteiger partial charge in [-0.25, -0.2) is 0 Å². The van der Waals surface area contributed by atoms with E-state index in [4.69, 9.17) is 4.74 Å². The minimum atomic E-state index is 0.776. The Kier molecular flexibility index (Phi) is 14.1. The SMILES string of the molecule is C/C=C/COCCCCCCCCCS. The van der Waals surface area contributed by atoms with E-state index in [9.17, 15) is 0 Å². The van der Waals surface area contributed by atoms with E-state index in [1.165, 1.54) is 44.9 Å². The summed E-state index contributed by atoms with van der Waals surface area (Å²) in [7, 11) is 0. The number of hydrogen-bond acceptors (Lipinski definition) is 2. The molecule has 0 unspecified atom stereocenters. The van der Waals surface area contributed by atoms with E-state index in [0.29, 0.717) is 0 Å². The average molecular weight is 230 g/mol. The fourth-order valence-corrected chi connectivity index (χ4v) is 1.67. The van der Waals surface area contributed by atoms with Crippen LogP contribution in [0.3, 0.4) is 0 Å². The largest absolute Gasteiger partial charge is 0.377 e. The number of ether oxygens (including phenoxy) is 1. The van der Waals surface area contributed by atoms with Crippen molar-refractivity contribution in [3.63, 3.8) is 0 Å². The standard InChI is InChI=1S/C13H26OS/c1-2-3-11-14-12-9-7-5-4-6-8-10-13-15/h2-3,15H,4-13H2,1H3/b3-2+. The van der Waals surface area contributed by atoms with Crippen molar-refractivity contribution in [1.29, 1.82) is 0 Å². The lowest BCUT2D eigenvalue weighted by Crippen LogP contribution is -1.94. The van der Waals surface area contributed by atoms with Gasteiger partial charge in [-0.05, 0) is 25.5 Å². The first-order valence-corrected chi connectivity index (χ1v) is 6.84. The van der Waals surface area contributed by atoms with Crippen molar-refractivity contribution in [3.05, 3.63) is 12.2 Å². The molecule has 2 heteroatoms.